The summed E-state index contributed by atoms with van der Waals surface area (Å²) >= 11 is 0. The largest absolute Gasteiger partial charge is 0.480 e. The molecule has 0 rings (SSSR count). The van der Waals surface area contributed by atoms with E-state index < -0.39 is 34.0 Å². The van der Waals surface area contributed by atoms with E-state index in [0.717, 1.165) is 19.3 Å². The van der Waals surface area contributed by atoms with Crippen LogP contribution in [0, 0.1) is 16.2 Å². The van der Waals surface area contributed by atoms with Gasteiger partial charge in [0.25, 0.3) is 0 Å². The highest BCUT2D eigenvalue weighted by molar-refractivity contribution is 5.89. The predicted molar refractivity (Wildman–Crippen MR) is 212 cm³/mol. The summed E-state index contributed by atoms with van der Waals surface area (Å²) in [5, 5.41) is 21.5. The fourth-order valence-electron chi connectivity index (χ4n) is 6.13. The third kappa shape index (κ3) is 24.5. The molecule has 0 saturated carbocycles. The van der Waals surface area contributed by atoms with Gasteiger partial charge in [-0.25, -0.2) is 4.79 Å². The highest BCUT2D eigenvalue weighted by Gasteiger charge is 2.35. The van der Waals surface area contributed by atoms with Crippen molar-refractivity contribution in [1.29, 1.82) is 0 Å². The first-order valence-electron chi connectivity index (χ1n) is 19.5. The van der Waals surface area contributed by atoms with Crippen LogP contribution in [0.3, 0.4) is 0 Å². The number of unbranched alkanes of at least 4 members (excludes halogenated alkanes) is 1. The molecule has 0 fully saturated rings. The van der Waals surface area contributed by atoms with Gasteiger partial charge in [0.1, 0.15) is 6.04 Å². The summed E-state index contributed by atoms with van der Waals surface area (Å²) in [7, 11) is 0. The highest BCUT2D eigenvalue weighted by atomic mass is 16.5. The zero-order valence-corrected chi connectivity index (χ0v) is 36.2. The van der Waals surface area contributed by atoms with E-state index in [1.807, 2.05) is 69.2 Å². The van der Waals surface area contributed by atoms with Crippen molar-refractivity contribution in [1.82, 2.24) is 21.3 Å². The van der Waals surface area contributed by atoms with Gasteiger partial charge in [-0.05, 0) is 98.8 Å². The molecule has 53 heavy (non-hydrogen) atoms. The minimum Gasteiger partial charge on any atom is -0.480 e. The maximum Gasteiger partial charge on any atom is 0.326 e. The first-order chi connectivity index (χ1) is 23.9. The van der Waals surface area contributed by atoms with Gasteiger partial charge in [-0.15, -0.1) is 0 Å². The summed E-state index contributed by atoms with van der Waals surface area (Å²) in [5.41, 5.74) is -2.46. The SMILES string of the molecule is CC(C)(C)CC(C)(C)C(=O)N[C@@H](CCC(=O)NCCOC(C)(C)CCOC(C)(C)CCC(=O)NCCCC[C@H](NC(C)(C)C)C(=O)C(C)(C)C)C(=O)O. The summed E-state index contributed by atoms with van der Waals surface area (Å²) in [6.45, 7) is 31.0. The van der Waals surface area contributed by atoms with E-state index in [-0.39, 0.29) is 66.5 Å². The van der Waals surface area contributed by atoms with Crippen LogP contribution < -0.4 is 21.3 Å². The van der Waals surface area contributed by atoms with Crippen LogP contribution >= 0.6 is 0 Å². The lowest BCUT2D eigenvalue weighted by molar-refractivity contribution is -0.144. The van der Waals surface area contributed by atoms with Gasteiger partial charge >= 0.3 is 5.97 Å². The van der Waals surface area contributed by atoms with Crippen molar-refractivity contribution in [3.63, 3.8) is 0 Å². The summed E-state index contributed by atoms with van der Waals surface area (Å²) in [5.74, 6) is -1.65. The van der Waals surface area contributed by atoms with Gasteiger partial charge in [0.15, 0.2) is 5.78 Å². The second-order valence-electron chi connectivity index (χ2n) is 19.7. The quantitative estimate of drug-likeness (QED) is 0.0668. The fraction of sp³-hybridized carbons (Fsp3) is 0.878. The molecule has 0 unspecified atom stereocenters. The average molecular weight is 755 g/mol. The Morgan fingerprint density at radius 1 is 0.623 bits per heavy atom. The Kier molecular flexibility index (Phi) is 20.5. The van der Waals surface area contributed by atoms with Crippen LogP contribution in [0.25, 0.3) is 0 Å². The van der Waals surface area contributed by atoms with E-state index in [0.29, 0.717) is 38.8 Å². The molecule has 0 spiro atoms. The zero-order chi connectivity index (χ0) is 41.5. The van der Waals surface area contributed by atoms with Crippen LogP contribution in [0.4, 0.5) is 0 Å². The number of amides is 3. The molecule has 3 amide bonds. The molecule has 12 heteroatoms. The molecule has 310 valence electrons. The molecule has 12 nitrogen and oxygen atoms in total. The van der Waals surface area contributed by atoms with Gasteiger partial charge in [-0.2, -0.15) is 0 Å². The Labute approximate surface area is 321 Å². The molecular weight excluding hydrogens is 676 g/mol. The van der Waals surface area contributed by atoms with Crippen LogP contribution in [0.5, 0.6) is 0 Å². The third-order valence-corrected chi connectivity index (χ3v) is 8.82. The molecule has 0 radical (unpaired) electrons. The maximum absolute atomic E-state index is 12.9. The van der Waals surface area contributed by atoms with Gasteiger partial charge in [0.05, 0.1) is 30.5 Å². The minimum absolute atomic E-state index is 0.0171. The van der Waals surface area contributed by atoms with E-state index in [4.69, 9.17) is 9.47 Å². The van der Waals surface area contributed by atoms with E-state index in [1.54, 1.807) is 13.8 Å². The van der Waals surface area contributed by atoms with E-state index in [2.05, 4.69) is 42.0 Å². The van der Waals surface area contributed by atoms with Crippen LogP contribution in [-0.4, -0.2) is 89.7 Å². The normalized spacial score (nSPS) is 14.3. The number of carbonyl (C=O) groups is 5. The molecular formula is C41H78N4O8. The number of carboxylic acids is 1. The summed E-state index contributed by atoms with van der Waals surface area (Å²) < 4.78 is 12.1. The number of nitrogens with one attached hydrogen (secondary N) is 4. The van der Waals surface area contributed by atoms with E-state index in [1.165, 1.54) is 0 Å². The number of ketones is 1. The van der Waals surface area contributed by atoms with Gasteiger partial charge in [0.2, 0.25) is 17.7 Å². The van der Waals surface area contributed by atoms with E-state index >= 15 is 0 Å². The number of Topliss-reactive ketones (excluding diaryl/α,β-unsaturated/α-hetero) is 1. The molecule has 0 saturated heterocycles. The third-order valence-electron chi connectivity index (χ3n) is 8.82. The topological polar surface area (TPSA) is 172 Å². The number of ether oxygens (including phenoxy) is 2. The van der Waals surface area contributed by atoms with Crippen molar-refractivity contribution in [2.75, 3.05) is 26.3 Å². The van der Waals surface area contributed by atoms with Crippen molar-refractivity contribution < 1.29 is 38.6 Å². The van der Waals surface area contributed by atoms with Crippen molar-refractivity contribution in [3.8, 4) is 0 Å². The number of rotatable bonds is 25. The standard InChI is InChI=1S/C41H78N4O8/c1-36(2,3)28-39(10,11)35(51)44-30(34(49)50)19-20-31(46)43-25-27-53-41(14,15)23-26-52-40(12,13)22-21-32(47)42-24-17-16-18-29(45-38(7,8)9)33(48)37(4,5)6/h29-30,45H,16-28H2,1-15H3,(H,42,47)(H,43,46)(H,44,51)(H,49,50)/t29-,30-/m0/s1. The van der Waals surface area contributed by atoms with Crippen LogP contribution in [0.15, 0.2) is 0 Å². The van der Waals surface area contributed by atoms with Crippen molar-refractivity contribution in [2.24, 2.45) is 16.2 Å². The molecule has 0 aromatic rings. The Morgan fingerprint density at radius 2 is 1.15 bits per heavy atom. The molecule has 0 aliphatic heterocycles. The Morgan fingerprint density at radius 3 is 1.68 bits per heavy atom. The van der Waals surface area contributed by atoms with Crippen molar-refractivity contribution >= 4 is 29.5 Å². The average Bonchev–Trinajstić information content (AvgIpc) is 2.96. The smallest absolute Gasteiger partial charge is 0.326 e. The van der Waals surface area contributed by atoms with Crippen molar-refractivity contribution in [2.45, 2.75) is 190 Å². The van der Waals surface area contributed by atoms with Crippen LogP contribution in [0.2, 0.25) is 0 Å². The first-order valence-corrected chi connectivity index (χ1v) is 19.5. The lowest BCUT2D eigenvalue weighted by atomic mass is 9.75. The zero-order valence-electron chi connectivity index (χ0n) is 36.2. The van der Waals surface area contributed by atoms with Crippen LogP contribution in [0.1, 0.15) is 162 Å². The second kappa shape index (κ2) is 21.5. The molecule has 0 aromatic heterocycles. The van der Waals surface area contributed by atoms with Gasteiger partial charge in [-0.3, -0.25) is 19.2 Å². The molecule has 0 bridgehead atoms. The summed E-state index contributed by atoms with van der Waals surface area (Å²) in [6, 6.07) is -1.37. The molecule has 0 heterocycles. The lowest BCUT2D eigenvalue weighted by Crippen LogP contribution is -2.50. The lowest BCUT2D eigenvalue weighted by Gasteiger charge is -2.32. The highest BCUT2D eigenvalue weighted by Crippen LogP contribution is 2.33. The molecule has 0 aromatic carbocycles. The Bertz CT molecular complexity index is 1180. The maximum atomic E-state index is 12.9. The first kappa shape index (κ1) is 50.4. The van der Waals surface area contributed by atoms with Crippen molar-refractivity contribution in [3.05, 3.63) is 0 Å². The number of hydrogen-bond acceptors (Lipinski definition) is 8. The Hall–Kier alpha value is -2.57. The Balaban J connectivity index is 4.46. The number of aliphatic carboxylic acids is 1. The van der Waals surface area contributed by atoms with Gasteiger partial charge in [-0.1, -0.05) is 55.4 Å². The van der Waals surface area contributed by atoms with Gasteiger partial charge < -0.3 is 35.8 Å². The molecule has 0 aliphatic carbocycles. The molecule has 5 N–H and O–H groups in total. The predicted octanol–water partition coefficient (Wildman–Crippen LogP) is 6.33. The molecule has 0 aliphatic rings. The fourth-order valence-corrected chi connectivity index (χ4v) is 6.13. The number of carbonyl (C=O) groups excluding carboxylic acids is 4. The summed E-state index contributed by atoms with van der Waals surface area (Å²) in [4.78, 5) is 62.5. The number of hydrogen-bond donors (Lipinski definition) is 5. The monoisotopic (exact) mass is 755 g/mol. The van der Waals surface area contributed by atoms with Crippen LogP contribution in [-0.2, 0) is 33.4 Å². The minimum atomic E-state index is -1.17. The molecule has 2 atom stereocenters. The number of carboxylic acid groups (broad SMARTS) is 1. The second-order valence-corrected chi connectivity index (χ2v) is 19.7. The van der Waals surface area contributed by atoms with E-state index in [9.17, 15) is 29.1 Å². The summed E-state index contributed by atoms with van der Waals surface area (Å²) in [6.07, 6.45) is 4.39. The van der Waals surface area contributed by atoms with Gasteiger partial charge in [0, 0.05) is 42.3 Å².